The fraction of sp³-hybridized carbons (Fsp3) is 0.667. The molecule has 1 heterocycles. The number of hydrogen-bond donors (Lipinski definition) is 1. The van der Waals surface area contributed by atoms with E-state index in [0.29, 0.717) is 6.29 Å². The number of hydrazone groups is 1. The van der Waals surface area contributed by atoms with Crippen LogP contribution in [0.1, 0.15) is 0 Å². The van der Waals surface area contributed by atoms with Gasteiger partial charge in [-0.3, -0.25) is 15.2 Å². The molecule has 0 aromatic heterocycles. The molecule has 80 valence electrons. The maximum absolute atomic E-state index is 12.3. The first-order valence-corrected chi connectivity index (χ1v) is 3.70. The molecule has 0 radical (unpaired) electrons. The summed E-state index contributed by atoms with van der Waals surface area (Å²) >= 11 is 0. The Kier molecular flexibility index (Phi) is 2.65. The molecule has 1 aliphatic rings. The van der Waals surface area contributed by atoms with Crippen LogP contribution in [0, 0.1) is 0 Å². The number of nitrogens with one attached hydrogen (secondary N) is 1. The van der Waals surface area contributed by atoms with Crippen molar-refractivity contribution >= 4 is 12.1 Å². The Bertz CT molecular complexity index is 262. The Morgan fingerprint density at radius 3 is 2.50 bits per heavy atom. The average Bonchev–Trinajstić information content (AvgIpc) is 2.45. The summed E-state index contributed by atoms with van der Waals surface area (Å²) in [4.78, 5) is 10.4. The van der Waals surface area contributed by atoms with Crippen molar-refractivity contribution in [2.45, 2.75) is 12.3 Å². The minimum atomic E-state index is -4.57. The van der Waals surface area contributed by atoms with Gasteiger partial charge >= 0.3 is 6.18 Å². The summed E-state index contributed by atoms with van der Waals surface area (Å²) in [6.45, 7) is 0. The predicted octanol–water partition coefficient (Wildman–Crippen LogP) is -0.231. The highest BCUT2D eigenvalue weighted by Gasteiger charge is 2.46. The van der Waals surface area contributed by atoms with E-state index in [9.17, 15) is 18.0 Å². The van der Waals surface area contributed by atoms with Gasteiger partial charge in [0, 0.05) is 14.1 Å². The molecular weight excluding hydrogens is 201 g/mol. The van der Waals surface area contributed by atoms with Gasteiger partial charge in [0.1, 0.15) is 0 Å². The van der Waals surface area contributed by atoms with Gasteiger partial charge in [-0.25, -0.2) is 5.01 Å². The van der Waals surface area contributed by atoms with Gasteiger partial charge in [-0.1, -0.05) is 0 Å². The summed E-state index contributed by atoms with van der Waals surface area (Å²) in [6, 6.07) is 0. The first-order chi connectivity index (χ1) is 6.38. The van der Waals surface area contributed by atoms with Crippen molar-refractivity contribution in [3.8, 4) is 0 Å². The molecule has 8 heteroatoms. The van der Waals surface area contributed by atoms with Gasteiger partial charge in [0.25, 0.3) is 0 Å². The Morgan fingerprint density at radius 2 is 2.14 bits per heavy atom. The number of carbonyl (C=O) groups is 1. The molecule has 1 atom stereocenters. The highest BCUT2D eigenvalue weighted by molar-refractivity contribution is 5.90. The first-order valence-electron chi connectivity index (χ1n) is 3.70. The van der Waals surface area contributed by atoms with E-state index in [1.165, 1.54) is 14.1 Å². The van der Waals surface area contributed by atoms with E-state index in [2.05, 4.69) is 10.5 Å². The van der Waals surface area contributed by atoms with Crippen LogP contribution in [-0.2, 0) is 4.79 Å². The first kappa shape index (κ1) is 10.8. The zero-order valence-corrected chi connectivity index (χ0v) is 7.54. The molecule has 1 unspecified atom stereocenters. The topological polar surface area (TPSA) is 47.9 Å². The monoisotopic (exact) mass is 210 g/mol. The van der Waals surface area contributed by atoms with Crippen molar-refractivity contribution < 1.29 is 18.0 Å². The summed E-state index contributed by atoms with van der Waals surface area (Å²) in [5.74, 6) is -1.13. The number of aldehydes is 1. The van der Waals surface area contributed by atoms with Crippen LogP contribution < -0.4 is 5.43 Å². The lowest BCUT2D eigenvalue weighted by Crippen LogP contribution is -2.52. The van der Waals surface area contributed by atoms with Crippen LogP contribution in [0.4, 0.5) is 13.2 Å². The van der Waals surface area contributed by atoms with Gasteiger partial charge in [-0.2, -0.15) is 18.3 Å². The normalized spacial score (nSPS) is 22.3. The molecule has 1 aliphatic heterocycles. The van der Waals surface area contributed by atoms with E-state index in [0.717, 1.165) is 10.0 Å². The number of nitrogens with zero attached hydrogens (tertiary/aromatic N) is 3. The van der Waals surface area contributed by atoms with Crippen LogP contribution in [0.2, 0.25) is 0 Å². The van der Waals surface area contributed by atoms with Crippen molar-refractivity contribution in [2.24, 2.45) is 5.10 Å². The molecule has 1 rings (SSSR count). The van der Waals surface area contributed by atoms with E-state index in [4.69, 9.17) is 0 Å². The van der Waals surface area contributed by atoms with Crippen LogP contribution in [0.25, 0.3) is 0 Å². The largest absolute Gasteiger partial charge is 0.452 e. The molecule has 0 saturated carbocycles. The second-order valence-electron chi connectivity index (χ2n) is 2.83. The van der Waals surface area contributed by atoms with Gasteiger partial charge < -0.3 is 0 Å². The highest BCUT2D eigenvalue weighted by Crippen LogP contribution is 2.23. The molecule has 0 aliphatic carbocycles. The number of hydrogen-bond acceptors (Lipinski definition) is 5. The zero-order chi connectivity index (χ0) is 10.9. The summed E-state index contributed by atoms with van der Waals surface area (Å²) in [6.07, 6.45) is -5.32. The van der Waals surface area contributed by atoms with Crippen LogP contribution in [0.5, 0.6) is 0 Å². The number of alkyl halides is 3. The van der Waals surface area contributed by atoms with Crippen LogP contribution in [-0.4, -0.2) is 48.6 Å². The Balaban J connectivity index is 2.92. The van der Waals surface area contributed by atoms with Gasteiger partial charge in [0.05, 0.1) is 0 Å². The standard InChI is InChI=1S/C6H9F3N4O/c1-12(2)13-4(3-14)10-11-5(13)6(7,8)9/h3-4,10H,1-2H3. The summed E-state index contributed by atoms with van der Waals surface area (Å²) in [7, 11) is 2.79. The third kappa shape index (κ3) is 1.79. The van der Waals surface area contributed by atoms with Crippen molar-refractivity contribution in [3.63, 3.8) is 0 Å². The summed E-state index contributed by atoms with van der Waals surface area (Å²) in [5, 5.41) is 4.93. The Morgan fingerprint density at radius 1 is 1.57 bits per heavy atom. The second-order valence-corrected chi connectivity index (χ2v) is 2.83. The number of halogens is 3. The number of hydrazine groups is 1. The van der Waals surface area contributed by atoms with Crippen LogP contribution in [0.15, 0.2) is 5.10 Å². The lowest BCUT2D eigenvalue weighted by Gasteiger charge is -2.29. The molecule has 5 nitrogen and oxygen atoms in total. The van der Waals surface area contributed by atoms with E-state index in [1.807, 2.05) is 0 Å². The number of amidine groups is 1. The third-order valence-electron chi connectivity index (χ3n) is 1.60. The molecule has 1 N–H and O–H groups in total. The van der Waals surface area contributed by atoms with Crippen LogP contribution >= 0.6 is 0 Å². The van der Waals surface area contributed by atoms with Crippen molar-refractivity contribution in [2.75, 3.05) is 14.1 Å². The predicted molar refractivity (Wildman–Crippen MR) is 42.0 cm³/mol. The lowest BCUT2D eigenvalue weighted by atomic mass is 10.4. The number of carbonyl (C=O) groups excluding carboxylic acids is 1. The fourth-order valence-electron chi connectivity index (χ4n) is 1.08. The third-order valence-corrected chi connectivity index (χ3v) is 1.60. The smallest absolute Gasteiger partial charge is 0.299 e. The Hall–Kier alpha value is -1.31. The summed E-state index contributed by atoms with van der Waals surface area (Å²) in [5.41, 5.74) is 2.08. The van der Waals surface area contributed by atoms with Gasteiger partial charge in [0.2, 0.25) is 5.84 Å². The minimum Gasteiger partial charge on any atom is -0.299 e. The molecule has 14 heavy (non-hydrogen) atoms. The molecule has 0 saturated heterocycles. The maximum atomic E-state index is 12.3. The maximum Gasteiger partial charge on any atom is 0.452 e. The molecule has 0 bridgehead atoms. The van der Waals surface area contributed by atoms with Gasteiger partial charge in [-0.15, -0.1) is 0 Å². The Labute approximate surface area is 78.1 Å². The fourth-order valence-corrected chi connectivity index (χ4v) is 1.08. The lowest BCUT2D eigenvalue weighted by molar-refractivity contribution is -0.117. The highest BCUT2D eigenvalue weighted by atomic mass is 19.4. The van der Waals surface area contributed by atoms with E-state index >= 15 is 0 Å². The van der Waals surface area contributed by atoms with E-state index in [1.54, 1.807) is 0 Å². The molecule has 0 amide bonds. The molecule has 0 fully saturated rings. The minimum absolute atomic E-state index is 0.349. The quantitative estimate of drug-likeness (QED) is 0.639. The second kappa shape index (κ2) is 3.45. The van der Waals surface area contributed by atoms with E-state index < -0.39 is 18.2 Å². The summed E-state index contributed by atoms with van der Waals surface area (Å²) < 4.78 is 37.0. The number of rotatable bonds is 2. The van der Waals surface area contributed by atoms with E-state index in [-0.39, 0.29) is 0 Å². The zero-order valence-electron chi connectivity index (χ0n) is 7.54. The van der Waals surface area contributed by atoms with Crippen molar-refractivity contribution in [1.82, 2.24) is 15.4 Å². The molecule has 0 aromatic carbocycles. The van der Waals surface area contributed by atoms with Gasteiger partial charge in [0.15, 0.2) is 12.5 Å². The van der Waals surface area contributed by atoms with Crippen LogP contribution in [0.3, 0.4) is 0 Å². The average molecular weight is 210 g/mol. The van der Waals surface area contributed by atoms with Crippen molar-refractivity contribution in [1.29, 1.82) is 0 Å². The SMILES string of the molecule is CN(C)N1C(C(F)(F)F)=NNC1C=O. The molecule has 0 spiro atoms. The van der Waals surface area contributed by atoms with Crippen molar-refractivity contribution in [3.05, 3.63) is 0 Å². The molecular formula is C6H9F3N4O. The molecule has 0 aromatic rings. The van der Waals surface area contributed by atoms with Gasteiger partial charge in [-0.05, 0) is 0 Å².